The van der Waals surface area contributed by atoms with Crippen LogP contribution in [0, 0.1) is 0 Å². The van der Waals surface area contributed by atoms with Gasteiger partial charge >= 0.3 is 0 Å². The van der Waals surface area contributed by atoms with E-state index in [2.05, 4.69) is 47.3 Å². The average Bonchev–Trinajstić information content (AvgIpc) is 2.90. The van der Waals surface area contributed by atoms with Crippen LogP contribution in [-0.2, 0) is 16.2 Å². The van der Waals surface area contributed by atoms with Crippen LogP contribution >= 0.6 is 0 Å². The number of morpholine rings is 1. The fourth-order valence-corrected chi connectivity index (χ4v) is 3.49. The Morgan fingerprint density at radius 3 is 2.65 bits per heavy atom. The quantitative estimate of drug-likeness (QED) is 0.601. The van der Waals surface area contributed by atoms with Crippen molar-refractivity contribution < 1.29 is 9.47 Å². The highest BCUT2D eigenvalue weighted by molar-refractivity contribution is 6.76. The molecule has 0 amide bonds. The predicted octanol–water partition coefficient (Wildman–Crippen LogP) is 3.19. The van der Waals surface area contributed by atoms with Crippen LogP contribution in [0.1, 0.15) is 0 Å². The fourth-order valence-electron chi connectivity index (χ4n) is 2.73. The minimum absolute atomic E-state index is 0.567. The van der Waals surface area contributed by atoms with E-state index in [9.17, 15) is 0 Å². The lowest BCUT2D eigenvalue weighted by atomic mass is 10.3. The van der Waals surface area contributed by atoms with E-state index in [0.29, 0.717) is 6.73 Å². The van der Waals surface area contributed by atoms with Crippen LogP contribution in [-0.4, -0.2) is 50.5 Å². The Hall–Kier alpha value is -1.37. The molecule has 0 N–H and O–H groups in total. The molecule has 1 saturated heterocycles. The molecule has 0 unspecified atom stereocenters. The normalized spacial score (nSPS) is 16.2. The van der Waals surface area contributed by atoms with Gasteiger partial charge in [-0.25, -0.2) is 4.98 Å². The summed E-state index contributed by atoms with van der Waals surface area (Å²) in [4.78, 5) is 7.12. The third-order valence-corrected chi connectivity index (χ3v) is 5.85. The van der Waals surface area contributed by atoms with Gasteiger partial charge in [0.2, 0.25) is 5.95 Å². The van der Waals surface area contributed by atoms with Gasteiger partial charge in [0.05, 0.1) is 24.2 Å². The lowest BCUT2D eigenvalue weighted by molar-refractivity contribution is 0.0883. The molecule has 1 aromatic carbocycles. The van der Waals surface area contributed by atoms with Crippen molar-refractivity contribution in [1.82, 2.24) is 9.55 Å². The first-order valence-electron chi connectivity index (χ1n) is 8.40. The number of para-hydroxylation sites is 2. The molecule has 0 bridgehead atoms. The number of hydrogen-bond acceptors (Lipinski definition) is 4. The van der Waals surface area contributed by atoms with Crippen LogP contribution in [0.5, 0.6) is 0 Å². The predicted molar refractivity (Wildman–Crippen MR) is 96.9 cm³/mol. The van der Waals surface area contributed by atoms with Crippen LogP contribution < -0.4 is 4.90 Å². The zero-order chi connectivity index (χ0) is 16.3. The molecule has 0 saturated carbocycles. The summed E-state index contributed by atoms with van der Waals surface area (Å²) in [7, 11) is -1.06. The molecule has 1 fully saturated rings. The molecule has 0 atom stereocenters. The molecule has 1 aliphatic rings. The summed E-state index contributed by atoms with van der Waals surface area (Å²) in [6.07, 6.45) is 0. The van der Waals surface area contributed by atoms with Gasteiger partial charge in [-0.2, -0.15) is 0 Å². The van der Waals surface area contributed by atoms with Crippen molar-refractivity contribution >= 4 is 25.1 Å². The minimum atomic E-state index is -1.06. The SMILES string of the molecule is C[Si](C)(C)CCOCn1c(N2CCOCC2)nc2ccccc21. The van der Waals surface area contributed by atoms with E-state index in [4.69, 9.17) is 14.5 Å². The molecule has 2 aromatic rings. The highest BCUT2D eigenvalue weighted by atomic mass is 28.3. The monoisotopic (exact) mass is 333 g/mol. The molecule has 0 aliphatic carbocycles. The second-order valence-electron chi connectivity index (χ2n) is 7.28. The van der Waals surface area contributed by atoms with Gasteiger partial charge in [0.15, 0.2) is 0 Å². The fraction of sp³-hybridized carbons (Fsp3) is 0.588. The molecule has 0 radical (unpaired) electrons. The second kappa shape index (κ2) is 7.03. The smallest absolute Gasteiger partial charge is 0.208 e. The molecule has 1 aliphatic heterocycles. The number of imidazole rings is 1. The van der Waals surface area contributed by atoms with Crippen LogP contribution in [0.15, 0.2) is 24.3 Å². The van der Waals surface area contributed by atoms with Gasteiger partial charge < -0.3 is 14.4 Å². The first-order chi connectivity index (χ1) is 11.0. The Morgan fingerprint density at radius 1 is 1.17 bits per heavy atom. The number of anilines is 1. The summed E-state index contributed by atoms with van der Waals surface area (Å²) in [6.45, 7) is 11.8. The van der Waals surface area contributed by atoms with E-state index < -0.39 is 8.07 Å². The zero-order valence-corrected chi connectivity index (χ0v) is 15.4. The number of nitrogens with zero attached hydrogens (tertiary/aromatic N) is 3. The maximum atomic E-state index is 5.99. The standard InChI is InChI=1S/C17H27N3O2Si/c1-23(2,3)13-12-22-14-20-16-7-5-4-6-15(16)18-17(20)19-8-10-21-11-9-19/h4-7H,8-14H2,1-3H3. The van der Waals surface area contributed by atoms with E-state index in [1.807, 2.05) is 6.07 Å². The van der Waals surface area contributed by atoms with E-state index in [1.54, 1.807) is 0 Å². The van der Waals surface area contributed by atoms with Crippen molar-refractivity contribution in [1.29, 1.82) is 0 Å². The van der Waals surface area contributed by atoms with Crippen molar-refractivity contribution in [3.05, 3.63) is 24.3 Å². The molecular weight excluding hydrogens is 306 g/mol. The lowest BCUT2D eigenvalue weighted by Gasteiger charge is -2.28. The highest BCUT2D eigenvalue weighted by Gasteiger charge is 2.19. The number of ether oxygens (including phenoxy) is 2. The third-order valence-electron chi connectivity index (χ3n) is 4.15. The van der Waals surface area contributed by atoms with Crippen molar-refractivity contribution in [3.8, 4) is 0 Å². The number of aromatic nitrogens is 2. The van der Waals surface area contributed by atoms with Gasteiger partial charge in [0.25, 0.3) is 0 Å². The summed E-state index contributed by atoms with van der Waals surface area (Å²) in [6, 6.07) is 9.47. The first-order valence-corrected chi connectivity index (χ1v) is 12.1. The molecule has 0 spiro atoms. The Morgan fingerprint density at radius 2 is 1.91 bits per heavy atom. The molecule has 126 valence electrons. The van der Waals surface area contributed by atoms with Gasteiger partial charge in [0.1, 0.15) is 6.73 Å². The molecule has 1 aromatic heterocycles. The lowest BCUT2D eigenvalue weighted by Crippen LogP contribution is -2.38. The number of benzene rings is 1. The van der Waals surface area contributed by atoms with Crippen molar-refractivity contribution in [2.24, 2.45) is 0 Å². The Kier molecular flexibility index (Phi) is 5.04. The van der Waals surface area contributed by atoms with Gasteiger partial charge in [-0.1, -0.05) is 31.8 Å². The molecule has 3 rings (SSSR count). The van der Waals surface area contributed by atoms with Crippen LogP contribution in [0.3, 0.4) is 0 Å². The van der Waals surface area contributed by atoms with Crippen LogP contribution in [0.4, 0.5) is 5.95 Å². The average molecular weight is 334 g/mol. The summed E-state index contributed by atoms with van der Waals surface area (Å²) >= 11 is 0. The van der Waals surface area contributed by atoms with Crippen molar-refractivity contribution in [2.75, 3.05) is 37.8 Å². The van der Waals surface area contributed by atoms with E-state index in [1.165, 1.54) is 6.04 Å². The van der Waals surface area contributed by atoms with E-state index >= 15 is 0 Å². The highest BCUT2D eigenvalue weighted by Crippen LogP contribution is 2.23. The first kappa shape index (κ1) is 16.5. The maximum absolute atomic E-state index is 5.99. The van der Waals surface area contributed by atoms with Gasteiger partial charge in [-0.05, 0) is 18.2 Å². The summed E-state index contributed by atoms with van der Waals surface area (Å²) < 4.78 is 13.7. The minimum Gasteiger partial charge on any atom is -0.378 e. The van der Waals surface area contributed by atoms with Gasteiger partial charge in [-0.15, -0.1) is 0 Å². The number of fused-ring (bicyclic) bond motifs is 1. The molecule has 23 heavy (non-hydrogen) atoms. The van der Waals surface area contributed by atoms with Crippen LogP contribution in [0.2, 0.25) is 25.7 Å². The van der Waals surface area contributed by atoms with Crippen molar-refractivity contribution in [3.63, 3.8) is 0 Å². The van der Waals surface area contributed by atoms with Gasteiger partial charge in [-0.3, -0.25) is 4.57 Å². The molecule has 2 heterocycles. The Balaban J connectivity index is 1.78. The maximum Gasteiger partial charge on any atom is 0.208 e. The largest absolute Gasteiger partial charge is 0.378 e. The van der Waals surface area contributed by atoms with Crippen molar-refractivity contribution in [2.45, 2.75) is 32.4 Å². The summed E-state index contributed by atoms with van der Waals surface area (Å²) in [5, 5.41) is 0. The topological polar surface area (TPSA) is 39.5 Å². The third kappa shape index (κ3) is 4.13. The molecule has 6 heteroatoms. The van der Waals surface area contributed by atoms with Crippen LogP contribution in [0.25, 0.3) is 11.0 Å². The zero-order valence-electron chi connectivity index (χ0n) is 14.4. The Bertz CT molecular complexity index is 645. The van der Waals surface area contributed by atoms with E-state index in [0.717, 1.165) is 49.9 Å². The van der Waals surface area contributed by atoms with Gasteiger partial charge in [0, 0.05) is 27.8 Å². The second-order valence-corrected chi connectivity index (χ2v) is 12.9. The summed E-state index contributed by atoms with van der Waals surface area (Å²) in [5.41, 5.74) is 2.17. The number of rotatable bonds is 6. The summed E-state index contributed by atoms with van der Waals surface area (Å²) in [5.74, 6) is 1.00. The Labute approximate surface area is 139 Å². The number of hydrogen-bond donors (Lipinski definition) is 0. The molecule has 5 nitrogen and oxygen atoms in total. The molecular formula is C17H27N3O2Si. The van der Waals surface area contributed by atoms with E-state index in [-0.39, 0.29) is 0 Å².